The summed E-state index contributed by atoms with van der Waals surface area (Å²) < 4.78 is 4.62. The van der Waals surface area contributed by atoms with E-state index in [1.54, 1.807) is 0 Å². The van der Waals surface area contributed by atoms with E-state index in [0.717, 1.165) is 6.54 Å². The number of nitrogens with one attached hydrogen (secondary N) is 1. The molecule has 0 aromatic heterocycles. The summed E-state index contributed by atoms with van der Waals surface area (Å²) in [5.41, 5.74) is 0. The van der Waals surface area contributed by atoms with Crippen LogP contribution in [-0.4, -0.2) is 31.4 Å². The van der Waals surface area contributed by atoms with Crippen LogP contribution in [0.25, 0.3) is 0 Å². The molecule has 70 valence electrons. The van der Waals surface area contributed by atoms with Gasteiger partial charge in [0.15, 0.2) is 5.78 Å². The van der Waals surface area contributed by atoms with Crippen LogP contribution in [-0.2, 0) is 14.3 Å². The number of esters is 1. The smallest absolute Gasteiger partial charge is 0.307 e. The molecule has 0 bridgehead atoms. The van der Waals surface area contributed by atoms with Gasteiger partial charge in [0.1, 0.15) is 6.61 Å². The number of carbonyl (C=O) groups is 2. The fourth-order valence-corrected chi connectivity index (χ4v) is 0.622. The van der Waals surface area contributed by atoms with Gasteiger partial charge in [0.05, 0.1) is 6.42 Å². The molecule has 0 aliphatic heterocycles. The van der Waals surface area contributed by atoms with Gasteiger partial charge in [0.25, 0.3) is 0 Å². The van der Waals surface area contributed by atoms with Gasteiger partial charge in [0, 0.05) is 6.54 Å². The van der Waals surface area contributed by atoms with E-state index in [-0.39, 0.29) is 18.4 Å². The summed E-state index contributed by atoms with van der Waals surface area (Å²) in [6, 6.07) is 0. The third-order valence-electron chi connectivity index (χ3n) is 1.19. The second kappa shape index (κ2) is 6.79. The highest BCUT2D eigenvalue weighted by Gasteiger charge is 2.02. The molecule has 0 saturated heterocycles. The Kier molecular flexibility index (Phi) is 6.28. The van der Waals surface area contributed by atoms with Gasteiger partial charge >= 0.3 is 5.97 Å². The van der Waals surface area contributed by atoms with Crippen LogP contribution in [0.15, 0.2) is 0 Å². The molecular formula is C8H15NO3. The zero-order valence-corrected chi connectivity index (χ0v) is 7.55. The van der Waals surface area contributed by atoms with Crippen LogP contribution in [0.4, 0.5) is 0 Å². The maximum atomic E-state index is 10.8. The highest BCUT2D eigenvalue weighted by molar-refractivity contribution is 5.80. The summed E-state index contributed by atoms with van der Waals surface area (Å²) in [6.45, 7) is 4.68. The largest absolute Gasteiger partial charge is 0.458 e. The first-order valence-corrected chi connectivity index (χ1v) is 4.02. The van der Waals surface area contributed by atoms with Crippen LogP contribution in [0.5, 0.6) is 0 Å². The summed E-state index contributed by atoms with van der Waals surface area (Å²) >= 11 is 0. The lowest BCUT2D eigenvalue weighted by atomic mass is 10.4. The SMILES string of the molecule is CCNCCC(=O)OCC(C)=O. The van der Waals surface area contributed by atoms with Crippen LogP contribution in [0, 0.1) is 0 Å². The summed E-state index contributed by atoms with van der Waals surface area (Å²) in [7, 11) is 0. The van der Waals surface area contributed by atoms with E-state index in [4.69, 9.17) is 0 Å². The third kappa shape index (κ3) is 7.21. The lowest BCUT2D eigenvalue weighted by Crippen LogP contribution is -2.20. The number of hydrogen-bond donors (Lipinski definition) is 1. The second-order valence-electron chi connectivity index (χ2n) is 2.47. The van der Waals surface area contributed by atoms with Gasteiger partial charge in [-0.3, -0.25) is 9.59 Å². The van der Waals surface area contributed by atoms with E-state index in [9.17, 15) is 9.59 Å². The Morgan fingerprint density at radius 2 is 2.08 bits per heavy atom. The number of hydrogen-bond acceptors (Lipinski definition) is 4. The monoisotopic (exact) mass is 173 g/mol. The molecule has 0 aromatic carbocycles. The Balaban J connectivity index is 3.28. The maximum Gasteiger partial charge on any atom is 0.307 e. The first-order chi connectivity index (χ1) is 5.66. The van der Waals surface area contributed by atoms with Crippen molar-refractivity contribution >= 4 is 11.8 Å². The van der Waals surface area contributed by atoms with Gasteiger partial charge in [-0.2, -0.15) is 0 Å². The van der Waals surface area contributed by atoms with E-state index < -0.39 is 0 Å². The lowest BCUT2D eigenvalue weighted by Gasteiger charge is -2.02. The zero-order valence-electron chi connectivity index (χ0n) is 7.55. The molecule has 0 aliphatic rings. The van der Waals surface area contributed by atoms with Crippen molar-refractivity contribution in [3.8, 4) is 0 Å². The highest BCUT2D eigenvalue weighted by atomic mass is 16.5. The standard InChI is InChI=1S/C8H15NO3/c1-3-9-5-4-8(11)12-6-7(2)10/h9H,3-6H2,1-2H3. The number of ether oxygens (including phenoxy) is 1. The summed E-state index contributed by atoms with van der Waals surface area (Å²) in [6.07, 6.45) is 0.321. The Morgan fingerprint density at radius 3 is 2.58 bits per heavy atom. The Morgan fingerprint density at radius 1 is 1.42 bits per heavy atom. The van der Waals surface area contributed by atoms with Crippen LogP contribution >= 0.6 is 0 Å². The lowest BCUT2D eigenvalue weighted by molar-refractivity contribution is -0.147. The molecule has 0 heterocycles. The summed E-state index contributed by atoms with van der Waals surface area (Å²) in [5.74, 6) is -0.460. The molecule has 0 fully saturated rings. The molecule has 0 unspecified atom stereocenters. The van der Waals surface area contributed by atoms with Crippen molar-refractivity contribution in [3.05, 3.63) is 0 Å². The van der Waals surface area contributed by atoms with Crippen LogP contribution in [0.2, 0.25) is 0 Å². The fraction of sp³-hybridized carbons (Fsp3) is 0.750. The average Bonchev–Trinajstić information content (AvgIpc) is 2.01. The third-order valence-corrected chi connectivity index (χ3v) is 1.19. The van der Waals surface area contributed by atoms with E-state index in [0.29, 0.717) is 13.0 Å². The minimum atomic E-state index is -0.328. The van der Waals surface area contributed by atoms with Gasteiger partial charge < -0.3 is 10.1 Å². The number of rotatable bonds is 6. The number of carbonyl (C=O) groups excluding carboxylic acids is 2. The minimum absolute atomic E-state index is 0.106. The molecule has 0 spiro atoms. The minimum Gasteiger partial charge on any atom is -0.458 e. The summed E-state index contributed by atoms with van der Waals surface area (Å²) in [5, 5.41) is 2.98. The molecule has 0 saturated carbocycles. The fourth-order valence-electron chi connectivity index (χ4n) is 0.622. The Bertz CT molecular complexity index is 156. The van der Waals surface area contributed by atoms with E-state index in [1.165, 1.54) is 6.92 Å². The van der Waals surface area contributed by atoms with Crippen molar-refractivity contribution < 1.29 is 14.3 Å². The molecule has 0 atom stereocenters. The summed E-state index contributed by atoms with van der Waals surface area (Å²) in [4.78, 5) is 21.2. The second-order valence-corrected chi connectivity index (χ2v) is 2.47. The molecule has 0 rings (SSSR count). The van der Waals surface area contributed by atoms with Crippen LogP contribution < -0.4 is 5.32 Å². The van der Waals surface area contributed by atoms with Gasteiger partial charge in [-0.05, 0) is 13.5 Å². The van der Waals surface area contributed by atoms with Gasteiger partial charge in [-0.15, -0.1) is 0 Å². The first kappa shape index (κ1) is 11.1. The molecule has 0 amide bonds. The molecule has 4 nitrogen and oxygen atoms in total. The number of Topliss-reactive ketones (excluding diaryl/α,β-unsaturated/α-hetero) is 1. The molecule has 1 N–H and O–H groups in total. The van der Waals surface area contributed by atoms with Crippen LogP contribution in [0.3, 0.4) is 0 Å². The van der Waals surface area contributed by atoms with Crippen LogP contribution in [0.1, 0.15) is 20.3 Å². The van der Waals surface area contributed by atoms with E-state index in [1.807, 2.05) is 6.92 Å². The molecule has 12 heavy (non-hydrogen) atoms. The van der Waals surface area contributed by atoms with E-state index in [2.05, 4.69) is 10.1 Å². The van der Waals surface area contributed by atoms with Gasteiger partial charge in [0.2, 0.25) is 0 Å². The van der Waals surface area contributed by atoms with Crippen molar-refractivity contribution in [1.29, 1.82) is 0 Å². The average molecular weight is 173 g/mol. The van der Waals surface area contributed by atoms with Crippen molar-refractivity contribution in [2.75, 3.05) is 19.7 Å². The molecule has 0 aromatic rings. The predicted octanol–water partition coefficient (Wildman–Crippen LogP) is 0.118. The topological polar surface area (TPSA) is 55.4 Å². The van der Waals surface area contributed by atoms with E-state index >= 15 is 0 Å². The normalized spacial score (nSPS) is 9.50. The zero-order chi connectivity index (χ0) is 9.40. The Labute approximate surface area is 72.3 Å². The van der Waals surface area contributed by atoms with Gasteiger partial charge in [-0.25, -0.2) is 0 Å². The van der Waals surface area contributed by atoms with Gasteiger partial charge in [-0.1, -0.05) is 6.92 Å². The molecule has 0 aliphatic carbocycles. The first-order valence-electron chi connectivity index (χ1n) is 4.02. The van der Waals surface area contributed by atoms with Crippen molar-refractivity contribution in [1.82, 2.24) is 5.32 Å². The number of ketones is 1. The predicted molar refractivity (Wildman–Crippen MR) is 44.8 cm³/mol. The quantitative estimate of drug-likeness (QED) is 0.458. The van der Waals surface area contributed by atoms with Crippen molar-refractivity contribution in [3.63, 3.8) is 0 Å². The molecular weight excluding hydrogens is 158 g/mol. The van der Waals surface area contributed by atoms with Crippen molar-refractivity contribution in [2.24, 2.45) is 0 Å². The molecule has 0 radical (unpaired) electrons. The Hall–Kier alpha value is -0.900. The molecule has 4 heteroatoms. The van der Waals surface area contributed by atoms with Crippen molar-refractivity contribution in [2.45, 2.75) is 20.3 Å². The maximum absolute atomic E-state index is 10.8. The highest BCUT2D eigenvalue weighted by Crippen LogP contribution is 1.85.